The molecule has 3 rings (SSSR count). The molecule has 0 spiro atoms. The van der Waals surface area contributed by atoms with Crippen molar-refractivity contribution in [1.82, 2.24) is 30.0 Å². The standard InChI is InChI=1S/C16H26N6O3S2/c1-3-23-4-2-22-12-16(18-20-22)14-25-6-8-27-10-9-26-7-5-24-13-15-11-21(1)19-17-15/h11-12H,1-10,13-14H2. The number of hydrogen-bond acceptors (Lipinski definition) is 9. The van der Waals surface area contributed by atoms with Crippen LogP contribution < -0.4 is 0 Å². The topological polar surface area (TPSA) is 89.1 Å². The van der Waals surface area contributed by atoms with Gasteiger partial charge in [0.25, 0.3) is 0 Å². The first-order chi connectivity index (χ1) is 13.4. The second kappa shape index (κ2) is 12.3. The van der Waals surface area contributed by atoms with Gasteiger partial charge in [-0.1, -0.05) is 10.4 Å². The van der Waals surface area contributed by atoms with Crippen LogP contribution in [-0.2, 0) is 40.5 Å². The van der Waals surface area contributed by atoms with E-state index in [1.54, 1.807) is 9.36 Å². The average molecular weight is 415 g/mol. The van der Waals surface area contributed by atoms with Crippen molar-refractivity contribution in [3.63, 3.8) is 0 Å². The molecule has 0 fully saturated rings. The fourth-order valence-electron chi connectivity index (χ4n) is 2.36. The number of ether oxygens (including phenoxy) is 3. The molecule has 4 bridgehead atoms. The van der Waals surface area contributed by atoms with Crippen LogP contribution in [0.5, 0.6) is 0 Å². The molecule has 0 saturated carbocycles. The maximum absolute atomic E-state index is 5.66. The summed E-state index contributed by atoms with van der Waals surface area (Å²) in [6.07, 6.45) is 3.82. The lowest BCUT2D eigenvalue weighted by Gasteiger charge is -2.04. The third kappa shape index (κ3) is 8.18. The molecule has 9 nitrogen and oxygen atoms in total. The number of aromatic nitrogens is 6. The van der Waals surface area contributed by atoms with Crippen molar-refractivity contribution in [3.05, 3.63) is 23.8 Å². The van der Waals surface area contributed by atoms with Crippen molar-refractivity contribution < 1.29 is 14.2 Å². The van der Waals surface area contributed by atoms with Gasteiger partial charge in [0.05, 0.1) is 65.1 Å². The average Bonchev–Trinajstić information content (AvgIpc) is 3.31. The Morgan fingerprint density at radius 3 is 1.70 bits per heavy atom. The molecule has 2 aromatic heterocycles. The molecule has 0 unspecified atom stereocenters. The summed E-state index contributed by atoms with van der Waals surface area (Å²) >= 11 is 3.82. The van der Waals surface area contributed by atoms with Crippen molar-refractivity contribution in [2.75, 3.05) is 49.4 Å². The summed E-state index contributed by atoms with van der Waals surface area (Å²) in [5, 5.41) is 16.5. The van der Waals surface area contributed by atoms with Gasteiger partial charge < -0.3 is 14.2 Å². The van der Waals surface area contributed by atoms with Crippen molar-refractivity contribution in [1.29, 1.82) is 0 Å². The number of thioether (sulfide) groups is 2. The van der Waals surface area contributed by atoms with Gasteiger partial charge in [0.2, 0.25) is 0 Å². The van der Waals surface area contributed by atoms with E-state index in [2.05, 4.69) is 20.6 Å². The molecule has 27 heavy (non-hydrogen) atoms. The summed E-state index contributed by atoms with van der Waals surface area (Å²) in [5.74, 6) is 4.24. The Labute approximate surface area is 167 Å². The Morgan fingerprint density at radius 1 is 0.667 bits per heavy atom. The van der Waals surface area contributed by atoms with Crippen LogP contribution >= 0.6 is 23.5 Å². The predicted molar refractivity (Wildman–Crippen MR) is 105 cm³/mol. The first-order valence-corrected chi connectivity index (χ1v) is 11.4. The second-order valence-corrected chi connectivity index (χ2v) is 8.34. The molecule has 1 aliphatic heterocycles. The molecule has 0 radical (unpaired) electrons. The first kappa shape index (κ1) is 20.6. The molecule has 11 heteroatoms. The lowest BCUT2D eigenvalue weighted by molar-refractivity contribution is 0.113. The van der Waals surface area contributed by atoms with Gasteiger partial charge >= 0.3 is 0 Å². The van der Waals surface area contributed by atoms with Gasteiger partial charge in [-0.05, 0) is 0 Å². The molecule has 150 valence electrons. The van der Waals surface area contributed by atoms with E-state index in [1.807, 2.05) is 35.9 Å². The van der Waals surface area contributed by atoms with Gasteiger partial charge in [-0.25, -0.2) is 9.36 Å². The van der Waals surface area contributed by atoms with Crippen LogP contribution in [0.2, 0.25) is 0 Å². The third-order valence-electron chi connectivity index (χ3n) is 3.72. The first-order valence-electron chi connectivity index (χ1n) is 9.07. The zero-order valence-electron chi connectivity index (χ0n) is 15.4. The van der Waals surface area contributed by atoms with E-state index >= 15 is 0 Å². The van der Waals surface area contributed by atoms with Gasteiger partial charge in [-0.3, -0.25) is 0 Å². The normalized spacial score (nSPS) is 19.6. The number of fused-ring (bicyclic) bond motifs is 4. The Morgan fingerprint density at radius 2 is 1.19 bits per heavy atom. The summed E-state index contributed by atoms with van der Waals surface area (Å²) in [4.78, 5) is 0. The Bertz CT molecular complexity index is 599. The highest BCUT2D eigenvalue weighted by Gasteiger charge is 2.04. The van der Waals surface area contributed by atoms with Gasteiger partial charge in [0.15, 0.2) is 0 Å². The van der Waals surface area contributed by atoms with Crippen LogP contribution in [-0.4, -0.2) is 79.4 Å². The lowest BCUT2D eigenvalue weighted by Crippen LogP contribution is -2.11. The molecule has 0 amide bonds. The lowest BCUT2D eigenvalue weighted by atomic mass is 10.5. The fourth-order valence-corrected chi connectivity index (χ4v) is 4.18. The van der Waals surface area contributed by atoms with E-state index in [0.29, 0.717) is 39.5 Å². The highest BCUT2D eigenvalue weighted by atomic mass is 32.2. The number of hydrogen-bond donors (Lipinski definition) is 0. The van der Waals surface area contributed by atoms with E-state index in [1.165, 1.54) is 0 Å². The molecule has 3 heterocycles. The zero-order valence-corrected chi connectivity index (χ0v) is 17.0. The van der Waals surface area contributed by atoms with E-state index in [0.717, 1.165) is 47.6 Å². The second-order valence-electron chi connectivity index (χ2n) is 5.89. The van der Waals surface area contributed by atoms with Gasteiger partial charge in [0, 0.05) is 23.0 Å². The van der Waals surface area contributed by atoms with Crippen molar-refractivity contribution in [2.24, 2.45) is 0 Å². The Hall–Kier alpha value is -1.14. The molecule has 0 aromatic carbocycles. The van der Waals surface area contributed by atoms with Crippen LogP contribution in [0.25, 0.3) is 0 Å². The van der Waals surface area contributed by atoms with Gasteiger partial charge in [-0.15, -0.1) is 10.2 Å². The zero-order chi connectivity index (χ0) is 18.6. The fraction of sp³-hybridized carbons (Fsp3) is 0.750. The molecule has 0 atom stereocenters. The van der Waals surface area contributed by atoms with E-state index in [4.69, 9.17) is 14.2 Å². The van der Waals surface area contributed by atoms with Crippen LogP contribution in [0.1, 0.15) is 11.4 Å². The van der Waals surface area contributed by atoms with E-state index < -0.39 is 0 Å². The molecular weight excluding hydrogens is 388 g/mol. The van der Waals surface area contributed by atoms with Crippen LogP contribution in [0, 0.1) is 0 Å². The maximum atomic E-state index is 5.66. The monoisotopic (exact) mass is 414 g/mol. The quantitative estimate of drug-likeness (QED) is 0.628. The Kier molecular flexibility index (Phi) is 9.41. The van der Waals surface area contributed by atoms with Crippen LogP contribution in [0.4, 0.5) is 0 Å². The molecular formula is C16H26N6O3S2. The third-order valence-corrected chi connectivity index (χ3v) is 5.87. The Balaban J connectivity index is 1.44. The minimum atomic E-state index is 0.502. The summed E-state index contributed by atoms with van der Waals surface area (Å²) in [6, 6.07) is 0. The minimum absolute atomic E-state index is 0.502. The maximum Gasteiger partial charge on any atom is 0.108 e. The van der Waals surface area contributed by atoms with Crippen LogP contribution in [0.3, 0.4) is 0 Å². The smallest absolute Gasteiger partial charge is 0.108 e. The molecule has 0 aliphatic carbocycles. The highest BCUT2D eigenvalue weighted by Crippen LogP contribution is 2.08. The van der Waals surface area contributed by atoms with Gasteiger partial charge in [0.1, 0.15) is 11.4 Å². The van der Waals surface area contributed by atoms with E-state index in [-0.39, 0.29) is 0 Å². The summed E-state index contributed by atoms with van der Waals surface area (Å²) < 4.78 is 20.5. The molecule has 0 N–H and O–H groups in total. The van der Waals surface area contributed by atoms with Crippen LogP contribution in [0.15, 0.2) is 12.4 Å². The largest absolute Gasteiger partial charge is 0.378 e. The van der Waals surface area contributed by atoms with Gasteiger partial charge in [-0.2, -0.15) is 23.5 Å². The molecule has 0 saturated heterocycles. The minimum Gasteiger partial charge on any atom is -0.378 e. The van der Waals surface area contributed by atoms with Crippen molar-refractivity contribution in [3.8, 4) is 0 Å². The summed E-state index contributed by atoms with van der Waals surface area (Å²) in [6.45, 7) is 4.94. The molecule has 1 aliphatic rings. The summed E-state index contributed by atoms with van der Waals surface area (Å²) in [5.41, 5.74) is 1.70. The number of nitrogens with zero attached hydrogens (tertiary/aromatic N) is 6. The predicted octanol–water partition coefficient (Wildman–Crippen LogP) is 1.10. The highest BCUT2D eigenvalue weighted by molar-refractivity contribution is 8.02. The van der Waals surface area contributed by atoms with Crippen molar-refractivity contribution in [2.45, 2.75) is 26.3 Å². The molecule has 2 aromatic rings. The summed E-state index contributed by atoms with van der Waals surface area (Å²) in [7, 11) is 0. The number of rotatable bonds is 0. The van der Waals surface area contributed by atoms with E-state index in [9.17, 15) is 0 Å². The SMILES string of the molecule is c1c2nnn1CCOCCn1cc(nn1)COCCSCCSCCOC2. The van der Waals surface area contributed by atoms with Crippen molar-refractivity contribution >= 4 is 23.5 Å².